The number of thiazole rings is 1. The van der Waals surface area contributed by atoms with Gasteiger partial charge in [0.15, 0.2) is 0 Å². The van der Waals surface area contributed by atoms with E-state index in [1.807, 2.05) is 16.8 Å². The van der Waals surface area contributed by atoms with Crippen molar-refractivity contribution in [2.45, 2.75) is 13.0 Å². The summed E-state index contributed by atoms with van der Waals surface area (Å²) >= 11 is 3.04. The lowest BCUT2D eigenvalue weighted by atomic mass is 10.3. The van der Waals surface area contributed by atoms with E-state index >= 15 is 0 Å². The van der Waals surface area contributed by atoms with Crippen LogP contribution in [0.1, 0.15) is 17.4 Å². The van der Waals surface area contributed by atoms with Gasteiger partial charge in [-0.25, -0.2) is 4.98 Å². The molecule has 0 spiro atoms. The number of carbonyl (C=O) groups excluding carboxylic acids is 1. The maximum atomic E-state index is 11.7. The molecule has 2 N–H and O–H groups in total. The Kier molecular flexibility index (Phi) is 3.88. The Labute approximate surface area is 107 Å². The Morgan fingerprint density at radius 2 is 2.41 bits per heavy atom. The molecule has 4 nitrogen and oxygen atoms in total. The van der Waals surface area contributed by atoms with Crippen molar-refractivity contribution >= 4 is 28.6 Å². The first-order valence-corrected chi connectivity index (χ1v) is 6.93. The second-order valence-electron chi connectivity index (χ2n) is 3.61. The third-order valence-electron chi connectivity index (χ3n) is 2.06. The first kappa shape index (κ1) is 12.2. The topological polar surface area (TPSA) is 62.2 Å². The number of nitrogens with zero attached hydrogens (tertiary/aromatic N) is 1. The maximum absolute atomic E-state index is 11.7. The van der Waals surface area contributed by atoms with Crippen molar-refractivity contribution in [1.29, 1.82) is 0 Å². The molecule has 0 aliphatic heterocycles. The lowest BCUT2D eigenvalue weighted by molar-refractivity contribution is 0.0920. The number of thiophene rings is 1. The van der Waals surface area contributed by atoms with Crippen LogP contribution in [0.25, 0.3) is 10.6 Å². The molecule has 2 heterocycles. The van der Waals surface area contributed by atoms with Crippen LogP contribution in [0, 0.1) is 0 Å². The van der Waals surface area contributed by atoms with Crippen molar-refractivity contribution in [3.8, 4) is 10.6 Å². The largest absolute Gasteiger partial charge is 0.392 e. The molecule has 1 atom stereocenters. The number of carbonyl (C=O) groups is 1. The van der Waals surface area contributed by atoms with Crippen LogP contribution in [0.2, 0.25) is 0 Å². The molecule has 0 aliphatic rings. The number of aliphatic hydroxyl groups excluding tert-OH is 1. The number of nitrogens with one attached hydrogen (secondary N) is 1. The highest BCUT2D eigenvalue weighted by Gasteiger charge is 2.12. The minimum atomic E-state index is -0.547. The molecule has 1 amide bonds. The molecular weight excluding hydrogens is 256 g/mol. The van der Waals surface area contributed by atoms with E-state index in [0.717, 1.165) is 10.6 Å². The number of rotatable bonds is 4. The van der Waals surface area contributed by atoms with Gasteiger partial charge in [0.05, 0.1) is 6.10 Å². The Balaban J connectivity index is 2.05. The third-order valence-corrected chi connectivity index (χ3v) is 3.64. The van der Waals surface area contributed by atoms with Crippen LogP contribution in [0.4, 0.5) is 0 Å². The highest BCUT2D eigenvalue weighted by atomic mass is 32.1. The molecule has 0 bridgehead atoms. The second-order valence-corrected chi connectivity index (χ2v) is 5.25. The molecule has 0 aliphatic carbocycles. The zero-order valence-electron chi connectivity index (χ0n) is 9.21. The van der Waals surface area contributed by atoms with Crippen LogP contribution >= 0.6 is 22.7 Å². The predicted octanol–water partition coefficient (Wildman–Crippen LogP) is 1.98. The van der Waals surface area contributed by atoms with E-state index in [-0.39, 0.29) is 12.5 Å². The highest BCUT2D eigenvalue weighted by molar-refractivity contribution is 7.14. The van der Waals surface area contributed by atoms with Crippen molar-refractivity contribution in [2.24, 2.45) is 0 Å². The molecule has 0 unspecified atom stereocenters. The van der Waals surface area contributed by atoms with Crippen LogP contribution in [0.15, 0.2) is 22.2 Å². The van der Waals surface area contributed by atoms with E-state index in [0.29, 0.717) is 5.69 Å². The molecule has 90 valence electrons. The summed E-state index contributed by atoms with van der Waals surface area (Å²) in [4.78, 5) is 15.9. The van der Waals surface area contributed by atoms with E-state index in [4.69, 9.17) is 5.11 Å². The van der Waals surface area contributed by atoms with E-state index in [1.54, 1.807) is 23.6 Å². The van der Waals surface area contributed by atoms with Crippen LogP contribution in [0.5, 0.6) is 0 Å². The summed E-state index contributed by atoms with van der Waals surface area (Å²) in [7, 11) is 0. The normalized spacial score (nSPS) is 12.4. The fourth-order valence-electron chi connectivity index (χ4n) is 1.23. The van der Waals surface area contributed by atoms with E-state index in [2.05, 4.69) is 10.3 Å². The van der Waals surface area contributed by atoms with Gasteiger partial charge in [-0.2, -0.15) is 11.3 Å². The van der Waals surface area contributed by atoms with Gasteiger partial charge in [0.1, 0.15) is 10.7 Å². The number of amides is 1. The van der Waals surface area contributed by atoms with Gasteiger partial charge in [0.2, 0.25) is 0 Å². The van der Waals surface area contributed by atoms with E-state index in [1.165, 1.54) is 11.3 Å². The van der Waals surface area contributed by atoms with Gasteiger partial charge in [-0.15, -0.1) is 11.3 Å². The summed E-state index contributed by atoms with van der Waals surface area (Å²) in [6.45, 7) is 1.86. The summed E-state index contributed by atoms with van der Waals surface area (Å²) in [6, 6.07) is 1.97. The van der Waals surface area contributed by atoms with Crippen molar-refractivity contribution in [3.05, 3.63) is 27.9 Å². The average molecular weight is 268 g/mol. The second kappa shape index (κ2) is 5.39. The van der Waals surface area contributed by atoms with Gasteiger partial charge in [-0.05, 0) is 18.4 Å². The van der Waals surface area contributed by atoms with Crippen molar-refractivity contribution < 1.29 is 9.90 Å². The summed E-state index contributed by atoms with van der Waals surface area (Å²) in [5.74, 6) is -0.247. The van der Waals surface area contributed by atoms with E-state index in [9.17, 15) is 4.79 Å². The summed E-state index contributed by atoms with van der Waals surface area (Å²) in [5, 5.41) is 18.2. The molecule has 0 radical (unpaired) electrons. The Morgan fingerprint density at radius 3 is 3.06 bits per heavy atom. The quantitative estimate of drug-likeness (QED) is 0.891. The van der Waals surface area contributed by atoms with Gasteiger partial charge in [-0.3, -0.25) is 4.79 Å². The van der Waals surface area contributed by atoms with Crippen LogP contribution in [0.3, 0.4) is 0 Å². The first-order valence-electron chi connectivity index (χ1n) is 5.11. The standard InChI is InChI=1S/C11H12N2O2S2/c1-7(14)4-12-10(15)9-6-17-11(13-9)8-2-3-16-5-8/h2-3,5-7,14H,4H2,1H3,(H,12,15)/t7-/m0/s1. The summed E-state index contributed by atoms with van der Waals surface area (Å²) in [5.41, 5.74) is 1.44. The molecular formula is C11H12N2O2S2. The fourth-order valence-corrected chi connectivity index (χ4v) is 2.74. The van der Waals surface area contributed by atoms with Gasteiger partial charge in [0, 0.05) is 22.9 Å². The molecule has 0 saturated carbocycles. The SMILES string of the molecule is C[C@H](O)CNC(=O)c1csc(-c2ccsc2)n1. The van der Waals surface area contributed by atoms with Crippen LogP contribution < -0.4 is 5.32 Å². The predicted molar refractivity (Wildman–Crippen MR) is 69.4 cm³/mol. The van der Waals surface area contributed by atoms with Crippen LogP contribution in [-0.4, -0.2) is 28.6 Å². The molecule has 2 aromatic rings. The summed E-state index contributed by atoms with van der Waals surface area (Å²) < 4.78 is 0. The number of hydrogen-bond donors (Lipinski definition) is 2. The third kappa shape index (κ3) is 3.12. The first-order chi connectivity index (χ1) is 8.16. The number of hydrogen-bond acceptors (Lipinski definition) is 5. The highest BCUT2D eigenvalue weighted by Crippen LogP contribution is 2.25. The minimum Gasteiger partial charge on any atom is -0.392 e. The van der Waals surface area contributed by atoms with Crippen LogP contribution in [-0.2, 0) is 0 Å². The van der Waals surface area contributed by atoms with Crippen molar-refractivity contribution in [1.82, 2.24) is 10.3 Å². The number of aliphatic hydroxyl groups is 1. The lowest BCUT2D eigenvalue weighted by Crippen LogP contribution is -2.30. The minimum absolute atomic E-state index is 0.240. The van der Waals surface area contributed by atoms with Crippen molar-refractivity contribution in [3.63, 3.8) is 0 Å². The molecule has 2 rings (SSSR count). The molecule has 2 aromatic heterocycles. The molecule has 0 saturated heterocycles. The zero-order chi connectivity index (χ0) is 12.3. The Morgan fingerprint density at radius 1 is 1.59 bits per heavy atom. The van der Waals surface area contributed by atoms with Gasteiger partial charge >= 0.3 is 0 Å². The van der Waals surface area contributed by atoms with E-state index < -0.39 is 6.10 Å². The van der Waals surface area contributed by atoms with Gasteiger partial charge < -0.3 is 10.4 Å². The van der Waals surface area contributed by atoms with Gasteiger partial charge in [-0.1, -0.05) is 0 Å². The molecule has 0 aromatic carbocycles. The van der Waals surface area contributed by atoms with Crippen molar-refractivity contribution in [2.75, 3.05) is 6.54 Å². The molecule has 6 heteroatoms. The average Bonchev–Trinajstić information content (AvgIpc) is 2.94. The Hall–Kier alpha value is -1.24. The monoisotopic (exact) mass is 268 g/mol. The maximum Gasteiger partial charge on any atom is 0.270 e. The van der Waals surface area contributed by atoms with Gasteiger partial charge in [0.25, 0.3) is 5.91 Å². The number of aromatic nitrogens is 1. The molecule has 0 fully saturated rings. The fraction of sp³-hybridized carbons (Fsp3) is 0.273. The Bertz CT molecular complexity index is 491. The zero-order valence-corrected chi connectivity index (χ0v) is 10.8. The lowest BCUT2D eigenvalue weighted by Gasteiger charge is -2.04. The smallest absolute Gasteiger partial charge is 0.270 e. The summed E-state index contributed by atoms with van der Waals surface area (Å²) in [6.07, 6.45) is -0.547. The molecule has 17 heavy (non-hydrogen) atoms.